The number of rotatable bonds is 5. The molecule has 3 heterocycles. The zero-order valence-corrected chi connectivity index (χ0v) is 20.5. The van der Waals surface area contributed by atoms with Crippen molar-refractivity contribution in [1.29, 1.82) is 0 Å². The van der Waals surface area contributed by atoms with E-state index in [1.165, 1.54) is 11.1 Å². The average molecular weight is 486 g/mol. The second-order valence-corrected chi connectivity index (χ2v) is 10.1. The lowest BCUT2D eigenvalue weighted by molar-refractivity contribution is 0.0342. The standard InChI is InChI=1S/C30H32FN3O2/c31-26-8-11-33(12-9-26)20-25-17-24-7-10-32-30(35)29(24)28-18-23(5-6-27(25)28)22-3-1-21(2-4-22)19-34-13-15-36-16-14-34/h1-7,10,17-18,26H,8-9,11-16,19-20H2,(H,32,35). The largest absolute Gasteiger partial charge is 0.379 e. The number of nitrogens with zero attached hydrogens (tertiary/aromatic N) is 2. The lowest BCUT2D eigenvalue weighted by Gasteiger charge is -2.29. The van der Waals surface area contributed by atoms with Crippen LogP contribution < -0.4 is 5.56 Å². The van der Waals surface area contributed by atoms with Crippen LogP contribution in [0.1, 0.15) is 24.0 Å². The van der Waals surface area contributed by atoms with Crippen LogP contribution in [0.2, 0.25) is 0 Å². The second-order valence-electron chi connectivity index (χ2n) is 10.1. The van der Waals surface area contributed by atoms with Gasteiger partial charge in [-0.3, -0.25) is 14.6 Å². The van der Waals surface area contributed by atoms with Crippen molar-refractivity contribution in [3.63, 3.8) is 0 Å². The van der Waals surface area contributed by atoms with Crippen molar-refractivity contribution >= 4 is 21.5 Å². The zero-order valence-electron chi connectivity index (χ0n) is 20.5. The molecule has 1 aromatic heterocycles. The van der Waals surface area contributed by atoms with E-state index >= 15 is 0 Å². The van der Waals surface area contributed by atoms with Crippen molar-refractivity contribution in [2.24, 2.45) is 0 Å². The van der Waals surface area contributed by atoms with Crippen LogP contribution in [0.25, 0.3) is 32.7 Å². The number of morpholine rings is 1. The lowest BCUT2D eigenvalue weighted by Crippen LogP contribution is -2.35. The molecular formula is C30H32FN3O2. The Hall–Kier alpha value is -3.06. The average Bonchev–Trinajstić information content (AvgIpc) is 2.91. The van der Waals surface area contributed by atoms with Gasteiger partial charge in [-0.25, -0.2) is 4.39 Å². The number of alkyl halides is 1. The number of hydrogen-bond acceptors (Lipinski definition) is 4. The van der Waals surface area contributed by atoms with Gasteiger partial charge in [0.15, 0.2) is 0 Å². The number of ether oxygens (including phenoxy) is 1. The highest BCUT2D eigenvalue weighted by Crippen LogP contribution is 2.32. The summed E-state index contributed by atoms with van der Waals surface area (Å²) in [6.45, 7) is 6.79. The molecule has 2 aliphatic rings. The van der Waals surface area contributed by atoms with Gasteiger partial charge in [-0.2, -0.15) is 0 Å². The van der Waals surface area contributed by atoms with Crippen LogP contribution in [0.15, 0.2) is 65.6 Å². The first-order valence-electron chi connectivity index (χ1n) is 13.0. The van der Waals surface area contributed by atoms with Crippen molar-refractivity contribution in [1.82, 2.24) is 14.8 Å². The number of pyridine rings is 1. The molecule has 0 unspecified atom stereocenters. The van der Waals surface area contributed by atoms with Gasteiger partial charge in [-0.15, -0.1) is 0 Å². The molecule has 6 heteroatoms. The summed E-state index contributed by atoms with van der Waals surface area (Å²) < 4.78 is 19.1. The van der Waals surface area contributed by atoms with Crippen molar-refractivity contribution in [2.75, 3.05) is 39.4 Å². The molecule has 5 nitrogen and oxygen atoms in total. The van der Waals surface area contributed by atoms with E-state index in [1.807, 2.05) is 6.07 Å². The number of likely N-dealkylation sites (tertiary alicyclic amines) is 1. The molecule has 2 aliphatic heterocycles. The minimum absolute atomic E-state index is 0.0692. The van der Waals surface area contributed by atoms with Gasteiger partial charge in [-0.05, 0) is 69.5 Å². The fourth-order valence-electron chi connectivity index (χ4n) is 5.62. The Balaban J connectivity index is 1.35. The highest BCUT2D eigenvalue weighted by atomic mass is 19.1. The molecule has 2 fully saturated rings. The van der Waals surface area contributed by atoms with Crippen LogP contribution in [-0.2, 0) is 17.8 Å². The van der Waals surface area contributed by atoms with Crippen molar-refractivity contribution < 1.29 is 9.13 Å². The number of hydrogen-bond donors (Lipinski definition) is 1. The topological polar surface area (TPSA) is 48.6 Å². The zero-order chi connectivity index (χ0) is 24.5. The predicted molar refractivity (Wildman–Crippen MR) is 143 cm³/mol. The van der Waals surface area contributed by atoms with Gasteiger partial charge >= 0.3 is 0 Å². The molecule has 36 heavy (non-hydrogen) atoms. The highest BCUT2D eigenvalue weighted by Gasteiger charge is 2.20. The van der Waals surface area contributed by atoms with E-state index in [4.69, 9.17) is 4.74 Å². The van der Waals surface area contributed by atoms with E-state index in [1.54, 1.807) is 6.20 Å². The smallest absolute Gasteiger partial charge is 0.256 e. The minimum Gasteiger partial charge on any atom is -0.379 e. The van der Waals surface area contributed by atoms with Gasteiger partial charge in [0.2, 0.25) is 0 Å². The first-order valence-corrected chi connectivity index (χ1v) is 13.0. The number of piperidine rings is 1. The van der Waals surface area contributed by atoms with Crippen LogP contribution in [0.4, 0.5) is 4.39 Å². The number of benzene rings is 3. The second kappa shape index (κ2) is 10.1. The maximum Gasteiger partial charge on any atom is 0.256 e. The van der Waals surface area contributed by atoms with Gasteiger partial charge < -0.3 is 9.72 Å². The SMILES string of the molecule is O=c1[nH]ccc2cc(CN3CCC(F)CC3)c3ccc(-c4ccc(CN5CCOCC5)cc4)cc3c12. The molecule has 0 spiro atoms. The summed E-state index contributed by atoms with van der Waals surface area (Å²) in [5.74, 6) is 0. The van der Waals surface area contributed by atoms with Gasteiger partial charge in [0.05, 0.1) is 18.6 Å². The van der Waals surface area contributed by atoms with Crippen molar-refractivity contribution in [3.8, 4) is 11.1 Å². The number of aromatic nitrogens is 1. The molecule has 4 aromatic rings. The first kappa shape index (κ1) is 23.3. The van der Waals surface area contributed by atoms with E-state index < -0.39 is 6.17 Å². The lowest BCUT2D eigenvalue weighted by atomic mass is 9.93. The molecule has 0 atom stereocenters. The fraction of sp³-hybridized carbons (Fsp3) is 0.367. The summed E-state index contributed by atoms with van der Waals surface area (Å²) in [5.41, 5.74) is 4.65. The summed E-state index contributed by atoms with van der Waals surface area (Å²) in [6.07, 6.45) is 2.22. The molecule has 6 rings (SSSR count). The third-order valence-electron chi connectivity index (χ3n) is 7.67. The summed E-state index contributed by atoms with van der Waals surface area (Å²) in [7, 11) is 0. The van der Waals surface area contributed by atoms with Gasteiger partial charge in [0.1, 0.15) is 6.17 Å². The third kappa shape index (κ3) is 4.81. The summed E-state index contributed by atoms with van der Waals surface area (Å²) >= 11 is 0. The van der Waals surface area contributed by atoms with E-state index in [0.29, 0.717) is 12.8 Å². The molecular weight excluding hydrogens is 453 g/mol. The summed E-state index contributed by atoms with van der Waals surface area (Å²) in [4.78, 5) is 20.5. The quantitative estimate of drug-likeness (QED) is 0.399. The van der Waals surface area contributed by atoms with Crippen molar-refractivity contribution in [3.05, 3.63) is 82.3 Å². The maximum absolute atomic E-state index is 13.7. The van der Waals surface area contributed by atoms with Gasteiger partial charge in [-0.1, -0.05) is 36.4 Å². The molecule has 0 amide bonds. The van der Waals surface area contributed by atoms with Crippen LogP contribution in [0, 0.1) is 0 Å². The normalized spacial score (nSPS) is 18.2. The molecule has 0 bridgehead atoms. The third-order valence-corrected chi connectivity index (χ3v) is 7.67. The van der Waals surface area contributed by atoms with E-state index in [0.717, 1.165) is 85.2 Å². The monoisotopic (exact) mass is 485 g/mol. The fourth-order valence-corrected chi connectivity index (χ4v) is 5.62. The van der Waals surface area contributed by atoms with Crippen LogP contribution in [0.3, 0.4) is 0 Å². The predicted octanol–water partition coefficient (Wildman–Crippen LogP) is 5.11. The van der Waals surface area contributed by atoms with Crippen LogP contribution in [0.5, 0.6) is 0 Å². The van der Waals surface area contributed by atoms with Gasteiger partial charge in [0, 0.05) is 45.5 Å². The van der Waals surface area contributed by atoms with Gasteiger partial charge in [0.25, 0.3) is 5.56 Å². The Kier molecular flexibility index (Phi) is 6.57. The molecule has 0 radical (unpaired) electrons. The maximum atomic E-state index is 13.7. The number of nitrogens with one attached hydrogen (secondary N) is 1. The number of fused-ring (bicyclic) bond motifs is 3. The Morgan fingerprint density at radius 3 is 2.33 bits per heavy atom. The molecule has 0 saturated carbocycles. The van der Waals surface area contributed by atoms with Crippen LogP contribution >= 0.6 is 0 Å². The molecule has 0 aliphatic carbocycles. The Bertz CT molecular complexity index is 1420. The number of halogens is 1. The van der Waals surface area contributed by atoms with E-state index in [-0.39, 0.29) is 5.56 Å². The van der Waals surface area contributed by atoms with Crippen LogP contribution in [-0.4, -0.2) is 60.3 Å². The van der Waals surface area contributed by atoms with E-state index in [2.05, 4.69) is 63.3 Å². The molecule has 2 saturated heterocycles. The van der Waals surface area contributed by atoms with E-state index in [9.17, 15) is 9.18 Å². The molecule has 1 N–H and O–H groups in total. The Morgan fingerprint density at radius 2 is 1.56 bits per heavy atom. The molecule has 3 aromatic carbocycles. The number of H-pyrrole nitrogens is 1. The highest BCUT2D eigenvalue weighted by molar-refractivity contribution is 6.09. The Labute approximate surface area is 210 Å². The number of aromatic amines is 1. The Morgan fingerprint density at radius 1 is 0.833 bits per heavy atom. The molecule has 186 valence electrons. The first-order chi connectivity index (χ1) is 17.6. The minimum atomic E-state index is -0.684. The summed E-state index contributed by atoms with van der Waals surface area (Å²) in [5, 5.41) is 3.73. The van der Waals surface area contributed by atoms with Crippen molar-refractivity contribution in [2.45, 2.75) is 32.1 Å². The summed E-state index contributed by atoms with van der Waals surface area (Å²) in [6, 6.07) is 19.3.